The molecule has 0 saturated heterocycles. The predicted molar refractivity (Wildman–Crippen MR) is 69.5 cm³/mol. The third-order valence-electron chi connectivity index (χ3n) is 3.82. The fourth-order valence-corrected chi connectivity index (χ4v) is 2.56. The van der Waals surface area contributed by atoms with Crippen molar-refractivity contribution in [1.82, 2.24) is 5.32 Å². The maximum atomic E-state index is 12.8. The van der Waals surface area contributed by atoms with E-state index in [1.807, 2.05) is 12.1 Å². The van der Waals surface area contributed by atoms with Crippen molar-refractivity contribution < 1.29 is 4.39 Å². The molecule has 0 aliphatic heterocycles. The molecule has 94 valence electrons. The average Bonchev–Trinajstić information content (AvgIpc) is 2.32. The van der Waals surface area contributed by atoms with Gasteiger partial charge in [0.05, 0.1) is 0 Å². The molecular weight excluding hydrogens is 213 g/mol. The highest BCUT2D eigenvalue weighted by molar-refractivity contribution is 5.17. The minimum absolute atomic E-state index is 0.136. The summed E-state index contributed by atoms with van der Waals surface area (Å²) >= 11 is 0. The predicted octanol–water partition coefficient (Wildman–Crippen LogP) is 3.39. The van der Waals surface area contributed by atoms with Gasteiger partial charge in [-0.1, -0.05) is 19.1 Å². The fourth-order valence-electron chi connectivity index (χ4n) is 2.56. The second kappa shape index (κ2) is 6.15. The van der Waals surface area contributed by atoms with Crippen LogP contribution < -0.4 is 5.32 Å². The summed E-state index contributed by atoms with van der Waals surface area (Å²) in [5, 5.41) is 3.50. The number of halogens is 1. The maximum Gasteiger partial charge on any atom is 0.123 e. The minimum atomic E-state index is -0.136. The molecule has 2 heteroatoms. The molecule has 1 N–H and O–H groups in total. The lowest BCUT2D eigenvalue weighted by Crippen LogP contribution is -2.36. The number of benzene rings is 1. The molecule has 1 aromatic rings. The van der Waals surface area contributed by atoms with Gasteiger partial charge in [-0.05, 0) is 68.3 Å². The van der Waals surface area contributed by atoms with Crippen LogP contribution in [0.15, 0.2) is 24.3 Å². The second-order valence-corrected chi connectivity index (χ2v) is 5.13. The van der Waals surface area contributed by atoms with Crippen LogP contribution in [-0.2, 0) is 6.42 Å². The third-order valence-corrected chi connectivity index (χ3v) is 3.82. The Kier molecular flexibility index (Phi) is 4.55. The Labute approximate surface area is 103 Å². The Morgan fingerprint density at radius 1 is 1.18 bits per heavy atom. The average molecular weight is 235 g/mol. The van der Waals surface area contributed by atoms with E-state index in [1.54, 1.807) is 12.1 Å². The molecule has 0 spiro atoms. The van der Waals surface area contributed by atoms with E-state index in [9.17, 15) is 4.39 Å². The third kappa shape index (κ3) is 3.53. The Hall–Kier alpha value is -0.890. The van der Waals surface area contributed by atoms with Gasteiger partial charge in [0, 0.05) is 0 Å². The van der Waals surface area contributed by atoms with Crippen LogP contribution in [0.3, 0.4) is 0 Å². The summed E-state index contributed by atoms with van der Waals surface area (Å²) < 4.78 is 12.8. The summed E-state index contributed by atoms with van der Waals surface area (Å²) in [4.78, 5) is 0. The Balaban J connectivity index is 1.77. The first-order chi connectivity index (χ1) is 8.29. The first-order valence-electron chi connectivity index (χ1n) is 6.74. The monoisotopic (exact) mass is 235 g/mol. The zero-order chi connectivity index (χ0) is 12.1. The summed E-state index contributed by atoms with van der Waals surface area (Å²) in [6.07, 6.45) is 4.99. The maximum absolute atomic E-state index is 12.8. The van der Waals surface area contributed by atoms with Crippen LogP contribution in [0.1, 0.15) is 31.7 Å². The van der Waals surface area contributed by atoms with Crippen molar-refractivity contribution >= 4 is 0 Å². The molecule has 1 aliphatic rings. The number of hydrogen-bond donors (Lipinski definition) is 1. The van der Waals surface area contributed by atoms with Crippen molar-refractivity contribution in [3.05, 3.63) is 35.6 Å². The SMILES string of the molecule is CCCNCC1CCC1Cc1ccc(F)cc1. The van der Waals surface area contributed by atoms with E-state index < -0.39 is 0 Å². The van der Waals surface area contributed by atoms with E-state index >= 15 is 0 Å². The molecule has 2 rings (SSSR count). The molecule has 1 saturated carbocycles. The summed E-state index contributed by atoms with van der Waals surface area (Å²) in [6.45, 7) is 4.48. The molecule has 1 nitrogen and oxygen atoms in total. The van der Waals surface area contributed by atoms with E-state index in [0.29, 0.717) is 0 Å². The molecule has 2 atom stereocenters. The highest BCUT2D eigenvalue weighted by atomic mass is 19.1. The van der Waals surface area contributed by atoms with Crippen LogP contribution in [-0.4, -0.2) is 13.1 Å². The molecule has 0 heterocycles. The molecule has 0 aromatic heterocycles. The van der Waals surface area contributed by atoms with Gasteiger partial charge in [0.15, 0.2) is 0 Å². The van der Waals surface area contributed by atoms with E-state index in [4.69, 9.17) is 0 Å². The molecule has 1 aliphatic carbocycles. The second-order valence-electron chi connectivity index (χ2n) is 5.13. The van der Waals surface area contributed by atoms with Crippen LogP contribution in [0.4, 0.5) is 4.39 Å². The summed E-state index contributed by atoms with van der Waals surface area (Å²) in [5.74, 6) is 1.49. The Morgan fingerprint density at radius 3 is 2.47 bits per heavy atom. The zero-order valence-corrected chi connectivity index (χ0v) is 10.6. The first-order valence-corrected chi connectivity index (χ1v) is 6.74. The standard InChI is InChI=1S/C15H22FN/c1-2-9-17-11-14-6-5-13(14)10-12-3-7-15(16)8-4-12/h3-4,7-8,13-14,17H,2,5-6,9-11H2,1H3. The van der Waals surface area contributed by atoms with Gasteiger partial charge in [0.1, 0.15) is 5.82 Å². The van der Waals surface area contributed by atoms with Crippen LogP contribution in [0.25, 0.3) is 0 Å². The van der Waals surface area contributed by atoms with Crippen molar-refractivity contribution in [2.24, 2.45) is 11.8 Å². The lowest BCUT2D eigenvalue weighted by atomic mass is 9.70. The largest absolute Gasteiger partial charge is 0.316 e. The van der Waals surface area contributed by atoms with Crippen molar-refractivity contribution in [2.75, 3.05) is 13.1 Å². The van der Waals surface area contributed by atoms with Crippen LogP contribution in [0.5, 0.6) is 0 Å². The first kappa shape index (κ1) is 12.6. The number of rotatable bonds is 6. The number of nitrogens with one attached hydrogen (secondary N) is 1. The van der Waals surface area contributed by atoms with Gasteiger partial charge in [0.25, 0.3) is 0 Å². The normalized spacial score (nSPS) is 23.4. The summed E-state index contributed by atoms with van der Waals surface area (Å²) in [6, 6.07) is 6.98. The molecular formula is C15H22FN. The zero-order valence-electron chi connectivity index (χ0n) is 10.6. The molecule has 17 heavy (non-hydrogen) atoms. The van der Waals surface area contributed by atoms with Crippen molar-refractivity contribution in [1.29, 1.82) is 0 Å². The van der Waals surface area contributed by atoms with Crippen molar-refractivity contribution in [2.45, 2.75) is 32.6 Å². The lowest BCUT2D eigenvalue weighted by Gasteiger charge is -2.37. The van der Waals surface area contributed by atoms with Gasteiger partial charge in [-0.3, -0.25) is 0 Å². The van der Waals surface area contributed by atoms with E-state index in [2.05, 4.69) is 12.2 Å². The molecule has 0 radical (unpaired) electrons. The van der Waals surface area contributed by atoms with Gasteiger partial charge in [0.2, 0.25) is 0 Å². The molecule has 2 unspecified atom stereocenters. The van der Waals surface area contributed by atoms with E-state index in [-0.39, 0.29) is 5.82 Å². The van der Waals surface area contributed by atoms with Crippen molar-refractivity contribution in [3.8, 4) is 0 Å². The Morgan fingerprint density at radius 2 is 1.88 bits per heavy atom. The van der Waals surface area contributed by atoms with Crippen LogP contribution in [0.2, 0.25) is 0 Å². The van der Waals surface area contributed by atoms with Gasteiger partial charge in [-0.25, -0.2) is 4.39 Å². The molecule has 0 amide bonds. The van der Waals surface area contributed by atoms with Crippen LogP contribution >= 0.6 is 0 Å². The van der Waals surface area contributed by atoms with Gasteiger partial charge < -0.3 is 5.32 Å². The minimum Gasteiger partial charge on any atom is -0.316 e. The van der Waals surface area contributed by atoms with Gasteiger partial charge in [-0.15, -0.1) is 0 Å². The highest BCUT2D eigenvalue weighted by Gasteiger charge is 2.29. The lowest BCUT2D eigenvalue weighted by molar-refractivity contribution is 0.171. The summed E-state index contributed by atoms with van der Waals surface area (Å²) in [5.41, 5.74) is 1.27. The molecule has 1 fully saturated rings. The smallest absolute Gasteiger partial charge is 0.123 e. The van der Waals surface area contributed by atoms with Gasteiger partial charge in [-0.2, -0.15) is 0 Å². The molecule has 1 aromatic carbocycles. The fraction of sp³-hybridized carbons (Fsp3) is 0.600. The number of hydrogen-bond acceptors (Lipinski definition) is 1. The van der Waals surface area contributed by atoms with E-state index in [0.717, 1.165) is 31.3 Å². The summed E-state index contributed by atoms with van der Waals surface area (Å²) in [7, 11) is 0. The molecule has 0 bridgehead atoms. The van der Waals surface area contributed by atoms with Gasteiger partial charge >= 0.3 is 0 Å². The highest BCUT2D eigenvalue weighted by Crippen LogP contribution is 2.36. The van der Waals surface area contributed by atoms with Crippen LogP contribution in [0, 0.1) is 17.7 Å². The topological polar surface area (TPSA) is 12.0 Å². The van der Waals surface area contributed by atoms with Crippen molar-refractivity contribution in [3.63, 3.8) is 0 Å². The van der Waals surface area contributed by atoms with E-state index in [1.165, 1.54) is 24.8 Å². The Bertz CT molecular complexity index is 333. The quantitative estimate of drug-likeness (QED) is 0.745.